The van der Waals surface area contributed by atoms with Crippen LogP contribution in [0.15, 0.2) is 24.3 Å². The van der Waals surface area contributed by atoms with Gasteiger partial charge in [-0.05, 0) is 43.5 Å². The van der Waals surface area contributed by atoms with E-state index < -0.39 is 0 Å². The molecule has 19 heavy (non-hydrogen) atoms. The fraction of sp³-hybridized carbons (Fsp3) is 0.533. The number of piperidine rings is 1. The molecule has 104 valence electrons. The van der Waals surface area contributed by atoms with Crippen molar-refractivity contribution >= 4 is 11.6 Å². The minimum atomic E-state index is 0.112. The topological polar surface area (TPSA) is 49.6 Å². The van der Waals surface area contributed by atoms with E-state index in [4.69, 9.17) is 5.73 Å². The molecule has 1 fully saturated rings. The number of nitrogens with two attached hydrogens (primary N) is 1. The van der Waals surface area contributed by atoms with Crippen LogP contribution in [0.3, 0.4) is 0 Å². The zero-order chi connectivity index (χ0) is 13.8. The Bertz CT molecular complexity index is 428. The van der Waals surface area contributed by atoms with Crippen molar-refractivity contribution in [2.75, 3.05) is 32.1 Å². The van der Waals surface area contributed by atoms with E-state index in [1.165, 1.54) is 6.42 Å². The SMILES string of the molecule is CN(C)c1ccc(C(=O)N2CCCCC2CN)cc1. The number of anilines is 1. The molecule has 0 spiro atoms. The molecule has 0 saturated carbocycles. The second kappa shape index (κ2) is 6.06. The zero-order valence-electron chi connectivity index (χ0n) is 11.8. The monoisotopic (exact) mass is 261 g/mol. The minimum Gasteiger partial charge on any atom is -0.378 e. The third-order valence-electron chi connectivity index (χ3n) is 3.79. The normalized spacial score (nSPS) is 19.3. The first kappa shape index (κ1) is 13.9. The molecule has 1 unspecified atom stereocenters. The van der Waals surface area contributed by atoms with Gasteiger partial charge < -0.3 is 15.5 Å². The number of carbonyl (C=O) groups is 1. The lowest BCUT2D eigenvalue weighted by molar-refractivity contribution is 0.0623. The van der Waals surface area contributed by atoms with E-state index in [2.05, 4.69) is 0 Å². The van der Waals surface area contributed by atoms with Gasteiger partial charge in [0.2, 0.25) is 0 Å². The highest BCUT2D eigenvalue weighted by molar-refractivity contribution is 5.94. The molecule has 0 bridgehead atoms. The van der Waals surface area contributed by atoms with Crippen molar-refractivity contribution in [1.29, 1.82) is 0 Å². The number of rotatable bonds is 3. The van der Waals surface area contributed by atoms with Crippen molar-refractivity contribution in [2.24, 2.45) is 5.73 Å². The van der Waals surface area contributed by atoms with Crippen LogP contribution in [0.4, 0.5) is 5.69 Å². The van der Waals surface area contributed by atoms with E-state index in [-0.39, 0.29) is 11.9 Å². The van der Waals surface area contributed by atoms with Gasteiger partial charge in [-0.1, -0.05) is 0 Å². The maximum Gasteiger partial charge on any atom is 0.254 e. The van der Waals surface area contributed by atoms with Crippen LogP contribution in [0.5, 0.6) is 0 Å². The van der Waals surface area contributed by atoms with Crippen molar-refractivity contribution in [3.05, 3.63) is 29.8 Å². The van der Waals surface area contributed by atoms with Gasteiger partial charge in [-0.15, -0.1) is 0 Å². The van der Waals surface area contributed by atoms with Crippen LogP contribution >= 0.6 is 0 Å². The van der Waals surface area contributed by atoms with Crippen LogP contribution < -0.4 is 10.6 Å². The molecule has 2 N–H and O–H groups in total. The van der Waals surface area contributed by atoms with Gasteiger partial charge in [0.1, 0.15) is 0 Å². The number of likely N-dealkylation sites (tertiary alicyclic amines) is 1. The van der Waals surface area contributed by atoms with E-state index in [0.29, 0.717) is 6.54 Å². The van der Waals surface area contributed by atoms with Crippen LogP contribution in [-0.2, 0) is 0 Å². The average Bonchev–Trinajstić information content (AvgIpc) is 2.46. The number of amides is 1. The van der Waals surface area contributed by atoms with Crippen molar-refractivity contribution in [2.45, 2.75) is 25.3 Å². The lowest BCUT2D eigenvalue weighted by atomic mass is 10.0. The number of hydrogen-bond acceptors (Lipinski definition) is 3. The highest BCUT2D eigenvalue weighted by Crippen LogP contribution is 2.20. The summed E-state index contributed by atoms with van der Waals surface area (Å²) in [5, 5.41) is 0. The fourth-order valence-electron chi connectivity index (χ4n) is 2.58. The van der Waals surface area contributed by atoms with Crippen molar-refractivity contribution in [3.8, 4) is 0 Å². The fourth-order valence-corrected chi connectivity index (χ4v) is 2.58. The third-order valence-corrected chi connectivity index (χ3v) is 3.79. The summed E-state index contributed by atoms with van der Waals surface area (Å²) >= 11 is 0. The van der Waals surface area contributed by atoms with Crippen LogP contribution in [0.1, 0.15) is 29.6 Å². The van der Waals surface area contributed by atoms with Gasteiger partial charge in [-0.2, -0.15) is 0 Å². The predicted molar refractivity (Wildman–Crippen MR) is 78.5 cm³/mol. The molecule has 1 aliphatic heterocycles. The summed E-state index contributed by atoms with van der Waals surface area (Å²) in [5.41, 5.74) is 7.63. The quantitative estimate of drug-likeness (QED) is 0.901. The maximum absolute atomic E-state index is 12.5. The first-order valence-corrected chi connectivity index (χ1v) is 6.92. The summed E-state index contributed by atoms with van der Waals surface area (Å²) in [6, 6.07) is 7.97. The highest BCUT2D eigenvalue weighted by Gasteiger charge is 2.26. The molecule has 1 heterocycles. The second-order valence-electron chi connectivity index (χ2n) is 5.33. The van der Waals surface area contributed by atoms with Gasteiger partial charge in [-0.3, -0.25) is 4.79 Å². The maximum atomic E-state index is 12.5. The van der Waals surface area contributed by atoms with Gasteiger partial charge >= 0.3 is 0 Å². The van der Waals surface area contributed by atoms with Gasteiger partial charge in [0.05, 0.1) is 0 Å². The highest BCUT2D eigenvalue weighted by atomic mass is 16.2. The molecule has 1 atom stereocenters. The first-order valence-electron chi connectivity index (χ1n) is 6.92. The Morgan fingerprint density at radius 1 is 1.32 bits per heavy atom. The largest absolute Gasteiger partial charge is 0.378 e. The number of hydrogen-bond donors (Lipinski definition) is 1. The van der Waals surface area contributed by atoms with Gasteiger partial charge in [0.15, 0.2) is 0 Å². The number of benzene rings is 1. The standard InChI is InChI=1S/C15H23N3O/c1-17(2)13-8-6-12(7-9-13)15(19)18-10-4-3-5-14(18)11-16/h6-9,14H,3-5,10-11,16H2,1-2H3. The van der Waals surface area contributed by atoms with E-state index in [1.807, 2.05) is 48.2 Å². The second-order valence-corrected chi connectivity index (χ2v) is 5.33. The van der Waals surface area contributed by atoms with Crippen LogP contribution in [0.2, 0.25) is 0 Å². The summed E-state index contributed by atoms with van der Waals surface area (Å²) in [5.74, 6) is 0.112. The molecule has 0 aromatic heterocycles. The predicted octanol–water partition coefficient (Wildman–Crippen LogP) is 1.71. The van der Waals surface area contributed by atoms with Gasteiger partial charge in [0.25, 0.3) is 5.91 Å². The van der Waals surface area contributed by atoms with E-state index in [1.54, 1.807) is 0 Å². The molecular weight excluding hydrogens is 238 g/mol. The van der Waals surface area contributed by atoms with E-state index in [0.717, 1.165) is 30.6 Å². The lowest BCUT2D eigenvalue weighted by Gasteiger charge is -2.35. The zero-order valence-corrected chi connectivity index (χ0v) is 11.8. The smallest absolute Gasteiger partial charge is 0.254 e. The van der Waals surface area contributed by atoms with Crippen molar-refractivity contribution in [1.82, 2.24) is 4.90 Å². The molecule has 0 radical (unpaired) electrons. The Morgan fingerprint density at radius 2 is 2.00 bits per heavy atom. The summed E-state index contributed by atoms with van der Waals surface area (Å²) in [6.07, 6.45) is 3.28. The van der Waals surface area contributed by atoms with Gasteiger partial charge in [0, 0.05) is 44.5 Å². The number of nitrogens with zero attached hydrogens (tertiary/aromatic N) is 2. The summed E-state index contributed by atoms with van der Waals surface area (Å²) in [4.78, 5) is 16.5. The molecule has 4 nitrogen and oxygen atoms in total. The minimum absolute atomic E-state index is 0.112. The molecule has 1 saturated heterocycles. The molecule has 1 aliphatic rings. The van der Waals surface area contributed by atoms with Crippen molar-refractivity contribution < 1.29 is 4.79 Å². The Balaban J connectivity index is 2.13. The Morgan fingerprint density at radius 3 is 2.58 bits per heavy atom. The molecule has 2 rings (SSSR count). The molecule has 1 aromatic carbocycles. The molecule has 4 heteroatoms. The van der Waals surface area contributed by atoms with Crippen molar-refractivity contribution in [3.63, 3.8) is 0 Å². The molecule has 1 aromatic rings. The van der Waals surface area contributed by atoms with E-state index in [9.17, 15) is 4.79 Å². The van der Waals surface area contributed by atoms with Crippen LogP contribution in [0.25, 0.3) is 0 Å². The first-order chi connectivity index (χ1) is 9.13. The Hall–Kier alpha value is -1.55. The average molecular weight is 261 g/mol. The molecular formula is C15H23N3O. The number of carbonyl (C=O) groups excluding carboxylic acids is 1. The van der Waals surface area contributed by atoms with Crippen LogP contribution in [-0.4, -0.2) is 44.0 Å². The summed E-state index contributed by atoms with van der Waals surface area (Å²) < 4.78 is 0. The molecule has 1 amide bonds. The lowest BCUT2D eigenvalue weighted by Crippen LogP contribution is -2.47. The Kier molecular flexibility index (Phi) is 4.43. The summed E-state index contributed by atoms with van der Waals surface area (Å²) in [6.45, 7) is 1.39. The van der Waals surface area contributed by atoms with Crippen LogP contribution in [0, 0.1) is 0 Å². The van der Waals surface area contributed by atoms with Gasteiger partial charge in [-0.25, -0.2) is 0 Å². The molecule has 0 aliphatic carbocycles. The third kappa shape index (κ3) is 3.07. The summed E-state index contributed by atoms with van der Waals surface area (Å²) in [7, 11) is 3.98. The Labute approximate surface area is 115 Å². The van der Waals surface area contributed by atoms with E-state index >= 15 is 0 Å².